The van der Waals surface area contributed by atoms with Crippen LogP contribution in [0.3, 0.4) is 0 Å². The van der Waals surface area contributed by atoms with Gasteiger partial charge in [-0.2, -0.15) is 0 Å². The van der Waals surface area contributed by atoms with Crippen LogP contribution in [0, 0.1) is 5.41 Å². The normalized spacial score (nSPS) is 30.5. The van der Waals surface area contributed by atoms with Gasteiger partial charge in [-0.05, 0) is 66.7 Å². The standard InChI is InChI=1S/C19H27FO2/c1-14-18-12-17(22-11-3-10-20)5-4-15(18)13-19(14)8-6-16(21-2)7-9-19/h4-5,12,14,16H,3,6-11,13H2,1-2H3. The molecule has 2 nitrogen and oxygen atoms in total. The first-order valence-corrected chi connectivity index (χ1v) is 8.53. The zero-order chi connectivity index (χ0) is 15.6. The van der Waals surface area contributed by atoms with Crippen molar-refractivity contribution in [2.75, 3.05) is 20.4 Å². The lowest BCUT2D eigenvalue weighted by Crippen LogP contribution is -2.33. The summed E-state index contributed by atoms with van der Waals surface area (Å²) in [7, 11) is 1.83. The smallest absolute Gasteiger partial charge is 0.119 e. The predicted octanol–water partition coefficient (Wildman–Crippen LogP) is 4.66. The summed E-state index contributed by atoms with van der Waals surface area (Å²) in [5.74, 6) is 1.46. The molecule has 0 heterocycles. The third kappa shape index (κ3) is 2.88. The molecule has 0 N–H and O–H groups in total. The minimum Gasteiger partial charge on any atom is -0.493 e. The first kappa shape index (κ1) is 15.8. The van der Waals surface area contributed by atoms with Gasteiger partial charge in [-0.15, -0.1) is 0 Å². The second-order valence-electron chi connectivity index (χ2n) is 6.95. The molecule has 1 unspecified atom stereocenters. The number of hydrogen-bond donors (Lipinski definition) is 0. The van der Waals surface area contributed by atoms with Gasteiger partial charge in [0.25, 0.3) is 0 Å². The minimum atomic E-state index is -0.314. The molecule has 1 fully saturated rings. The Labute approximate surface area is 133 Å². The molecule has 22 heavy (non-hydrogen) atoms. The van der Waals surface area contributed by atoms with Crippen LogP contribution in [0.25, 0.3) is 0 Å². The van der Waals surface area contributed by atoms with E-state index in [0.29, 0.717) is 30.5 Å². The topological polar surface area (TPSA) is 18.5 Å². The van der Waals surface area contributed by atoms with Gasteiger partial charge < -0.3 is 9.47 Å². The average Bonchev–Trinajstić information content (AvgIpc) is 2.81. The van der Waals surface area contributed by atoms with E-state index in [1.165, 1.54) is 43.2 Å². The highest BCUT2D eigenvalue weighted by molar-refractivity contribution is 5.43. The fourth-order valence-corrected chi connectivity index (χ4v) is 4.35. The number of methoxy groups -OCH3 is 1. The molecular weight excluding hydrogens is 279 g/mol. The molecule has 3 rings (SSSR count). The van der Waals surface area contributed by atoms with Crippen molar-refractivity contribution in [2.45, 2.75) is 57.5 Å². The van der Waals surface area contributed by atoms with E-state index in [9.17, 15) is 4.39 Å². The van der Waals surface area contributed by atoms with E-state index in [2.05, 4.69) is 19.1 Å². The Hall–Kier alpha value is -1.09. The molecule has 2 aliphatic rings. The second-order valence-corrected chi connectivity index (χ2v) is 6.95. The first-order valence-electron chi connectivity index (χ1n) is 8.53. The van der Waals surface area contributed by atoms with Crippen LogP contribution in [-0.2, 0) is 11.2 Å². The Morgan fingerprint density at radius 1 is 1.27 bits per heavy atom. The van der Waals surface area contributed by atoms with Crippen LogP contribution in [0.5, 0.6) is 5.75 Å². The van der Waals surface area contributed by atoms with Gasteiger partial charge >= 0.3 is 0 Å². The number of hydrogen-bond acceptors (Lipinski definition) is 2. The maximum Gasteiger partial charge on any atom is 0.119 e. The molecule has 0 aliphatic heterocycles. The lowest BCUT2D eigenvalue weighted by atomic mass is 9.66. The van der Waals surface area contributed by atoms with Gasteiger partial charge in [0.1, 0.15) is 5.75 Å². The number of alkyl halides is 1. The van der Waals surface area contributed by atoms with Crippen LogP contribution in [0.1, 0.15) is 56.1 Å². The molecule has 1 spiro atoms. The zero-order valence-corrected chi connectivity index (χ0v) is 13.7. The first-order chi connectivity index (χ1) is 10.7. The van der Waals surface area contributed by atoms with Gasteiger partial charge in [0.2, 0.25) is 0 Å². The maximum atomic E-state index is 12.2. The van der Waals surface area contributed by atoms with Crippen molar-refractivity contribution in [3.8, 4) is 5.75 Å². The summed E-state index contributed by atoms with van der Waals surface area (Å²) < 4.78 is 23.4. The van der Waals surface area contributed by atoms with Crippen molar-refractivity contribution in [3.05, 3.63) is 29.3 Å². The molecule has 0 radical (unpaired) electrons. The molecule has 1 saturated carbocycles. The highest BCUT2D eigenvalue weighted by atomic mass is 19.1. The highest BCUT2D eigenvalue weighted by Crippen LogP contribution is 2.55. The van der Waals surface area contributed by atoms with E-state index in [4.69, 9.17) is 9.47 Å². The van der Waals surface area contributed by atoms with Crippen molar-refractivity contribution < 1.29 is 13.9 Å². The Kier molecular flexibility index (Phi) is 4.72. The summed E-state index contributed by atoms with van der Waals surface area (Å²) in [5.41, 5.74) is 3.32. The van der Waals surface area contributed by atoms with E-state index in [1.54, 1.807) is 0 Å². The monoisotopic (exact) mass is 306 g/mol. The van der Waals surface area contributed by atoms with Gasteiger partial charge in [0.05, 0.1) is 19.4 Å². The number of ether oxygens (including phenoxy) is 2. The predicted molar refractivity (Wildman–Crippen MR) is 86.3 cm³/mol. The third-order valence-corrected chi connectivity index (χ3v) is 5.85. The molecule has 1 aromatic carbocycles. The molecule has 0 amide bonds. The molecule has 122 valence electrons. The summed E-state index contributed by atoms with van der Waals surface area (Å²) in [5, 5.41) is 0. The van der Waals surface area contributed by atoms with Gasteiger partial charge in [-0.3, -0.25) is 4.39 Å². The van der Waals surface area contributed by atoms with Gasteiger partial charge in [0, 0.05) is 13.5 Å². The number of fused-ring (bicyclic) bond motifs is 1. The summed E-state index contributed by atoms with van der Waals surface area (Å²) in [6, 6.07) is 6.45. The molecule has 3 heteroatoms. The van der Waals surface area contributed by atoms with Crippen molar-refractivity contribution >= 4 is 0 Å². The third-order valence-electron chi connectivity index (χ3n) is 5.85. The largest absolute Gasteiger partial charge is 0.493 e. The van der Waals surface area contributed by atoms with Crippen molar-refractivity contribution in [1.29, 1.82) is 0 Å². The Bertz CT molecular complexity index is 506. The Morgan fingerprint density at radius 3 is 2.73 bits per heavy atom. The lowest BCUT2D eigenvalue weighted by Gasteiger charge is -2.40. The van der Waals surface area contributed by atoms with E-state index in [0.717, 1.165) is 5.75 Å². The SMILES string of the molecule is COC1CCC2(CC1)Cc1ccc(OCCCF)cc1C2C. The van der Waals surface area contributed by atoms with E-state index < -0.39 is 0 Å². The van der Waals surface area contributed by atoms with Crippen molar-refractivity contribution in [1.82, 2.24) is 0 Å². The van der Waals surface area contributed by atoms with E-state index >= 15 is 0 Å². The average molecular weight is 306 g/mol. The van der Waals surface area contributed by atoms with Crippen LogP contribution < -0.4 is 4.74 Å². The maximum absolute atomic E-state index is 12.2. The summed E-state index contributed by atoms with van der Waals surface area (Å²) in [6.07, 6.45) is 6.95. The van der Waals surface area contributed by atoms with Crippen molar-refractivity contribution in [3.63, 3.8) is 0 Å². The van der Waals surface area contributed by atoms with Gasteiger partial charge in [0.15, 0.2) is 0 Å². The van der Waals surface area contributed by atoms with E-state index in [-0.39, 0.29) is 6.67 Å². The number of rotatable bonds is 5. The molecule has 0 saturated heterocycles. The molecule has 0 aromatic heterocycles. The van der Waals surface area contributed by atoms with Gasteiger partial charge in [-0.1, -0.05) is 13.0 Å². The van der Waals surface area contributed by atoms with Crippen LogP contribution in [0.2, 0.25) is 0 Å². The number of halogens is 1. The second kappa shape index (κ2) is 6.57. The van der Waals surface area contributed by atoms with Crippen molar-refractivity contribution in [2.24, 2.45) is 5.41 Å². The molecule has 1 aromatic rings. The van der Waals surface area contributed by atoms with E-state index in [1.807, 2.05) is 13.2 Å². The van der Waals surface area contributed by atoms with Crippen LogP contribution in [0.4, 0.5) is 4.39 Å². The summed E-state index contributed by atoms with van der Waals surface area (Å²) in [4.78, 5) is 0. The lowest BCUT2D eigenvalue weighted by molar-refractivity contribution is 0.0221. The van der Waals surface area contributed by atoms with Crippen LogP contribution >= 0.6 is 0 Å². The minimum absolute atomic E-state index is 0.314. The number of benzene rings is 1. The summed E-state index contributed by atoms with van der Waals surface area (Å²) >= 11 is 0. The quantitative estimate of drug-likeness (QED) is 0.737. The van der Waals surface area contributed by atoms with Crippen LogP contribution in [-0.4, -0.2) is 26.5 Å². The molecule has 2 aliphatic carbocycles. The van der Waals surface area contributed by atoms with Gasteiger partial charge in [-0.25, -0.2) is 0 Å². The Balaban J connectivity index is 1.72. The van der Waals surface area contributed by atoms with Crippen LogP contribution in [0.15, 0.2) is 18.2 Å². The molecule has 1 atom stereocenters. The Morgan fingerprint density at radius 2 is 2.05 bits per heavy atom. The zero-order valence-electron chi connectivity index (χ0n) is 13.7. The fraction of sp³-hybridized carbons (Fsp3) is 0.684. The highest BCUT2D eigenvalue weighted by Gasteiger charge is 2.45. The summed E-state index contributed by atoms with van der Waals surface area (Å²) in [6.45, 7) is 2.51. The molecular formula is C19H27FO2. The fourth-order valence-electron chi connectivity index (χ4n) is 4.35. The molecule has 0 bridgehead atoms.